The number of para-hydroxylation sites is 1. The highest BCUT2D eigenvalue weighted by Crippen LogP contribution is 2.22. The van der Waals surface area contributed by atoms with Crippen molar-refractivity contribution in [3.63, 3.8) is 0 Å². The molecule has 0 heterocycles. The molecule has 2 rings (SSSR count). The summed E-state index contributed by atoms with van der Waals surface area (Å²) in [6.45, 7) is 1.94. The molecule has 120 valence electrons. The Labute approximate surface area is 135 Å². The molecule has 0 bridgehead atoms. The highest BCUT2D eigenvalue weighted by Gasteiger charge is 2.19. The molecular formula is C17H16O5S. The molecule has 0 spiro atoms. The van der Waals surface area contributed by atoms with Crippen molar-refractivity contribution in [2.24, 2.45) is 0 Å². The van der Waals surface area contributed by atoms with Crippen molar-refractivity contribution in [3.05, 3.63) is 66.2 Å². The second-order valence-electron chi connectivity index (χ2n) is 4.47. The summed E-state index contributed by atoms with van der Waals surface area (Å²) in [4.78, 5) is 11.4. The van der Waals surface area contributed by atoms with Gasteiger partial charge >= 0.3 is 16.1 Å². The van der Waals surface area contributed by atoms with E-state index in [1.165, 1.54) is 18.2 Å². The van der Waals surface area contributed by atoms with Gasteiger partial charge in [0.1, 0.15) is 10.6 Å². The van der Waals surface area contributed by atoms with E-state index in [-0.39, 0.29) is 17.3 Å². The summed E-state index contributed by atoms with van der Waals surface area (Å²) in [5.74, 6) is -0.319. The van der Waals surface area contributed by atoms with Crippen molar-refractivity contribution in [1.29, 1.82) is 0 Å². The van der Waals surface area contributed by atoms with Crippen LogP contribution in [0.2, 0.25) is 0 Å². The second-order valence-corrected chi connectivity index (χ2v) is 5.99. The first-order valence-corrected chi connectivity index (χ1v) is 8.37. The topological polar surface area (TPSA) is 69.7 Å². The fourth-order valence-electron chi connectivity index (χ4n) is 1.84. The monoisotopic (exact) mass is 332 g/mol. The molecule has 0 aliphatic carbocycles. The van der Waals surface area contributed by atoms with E-state index in [0.29, 0.717) is 5.56 Å². The van der Waals surface area contributed by atoms with Crippen LogP contribution in [-0.2, 0) is 19.6 Å². The van der Waals surface area contributed by atoms with Crippen molar-refractivity contribution in [2.75, 3.05) is 6.61 Å². The van der Waals surface area contributed by atoms with Gasteiger partial charge in [0, 0.05) is 6.08 Å². The highest BCUT2D eigenvalue weighted by molar-refractivity contribution is 7.87. The van der Waals surface area contributed by atoms with Crippen molar-refractivity contribution >= 4 is 22.2 Å². The Balaban J connectivity index is 2.30. The van der Waals surface area contributed by atoms with Crippen LogP contribution in [0.4, 0.5) is 0 Å². The maximum Gasteiger partial charge on any atom is 0.339 e. The smallest absolute Gasteiger partial charge is 0.339 e. The van der Waals surface area contributed by atoms with E-state index in [4.69, 9.17) is 8.92 Å². The van der Waals surface area contributed by atoms with E-state index in [2.05, 4.69) is 0 Å². The standard InChI is InChI=1S/C17H16O5S/c1-2-21-17(18)13-12-14-8-6-7-11-16(14)23(19,20)22-15-9-4-3-5-10-15/h3-13H,2H2,1H3. The van der Waals surface area contributed by atoms with E-state index in [1.807, 2.05) is 0 Å². The Bertz CT molecular complexity index is 795. The lowest BCUT2D eigenvalue weighted by molar-refractivity contribution is -0.137. The van der Waals surface area contributed by atoms with Crippen LogP contribution < -0.4 is 4.18 Å². The number of benzene rings is 2. The molecule has 2 aromatic rings. The summed E-state index contributed by atoms with van der Waals surface area (Å²) in [6, 6.07) is 14.5. The van der Waals surface area contributed by atoms with Crippen LogP contribution >= 0.6 is 0 Å². The van der Waals surface area contributed by atoms with Gasteiger partial charge in [-0.05, 0) is 36.8 Å². The molecule has 0 aromatic heterocycles. The van der Waals surface area contributed by atoms with Gasteiger partial charge < -0.3 is 8.92 Å². The van der Waals surface area contributed by atoms with Gasteiger partial charge in [-0.2, -0.15) is 8.42 Å². The van der Waals surface area contributed by atoms with E-state index >= 15 is 0 Å². The van der Waals surface area contributed by atoms with Gasteiger partial charge in [0.25, 0.3) is 0 Å². The van der Waals surface area contributed by atoms with Gasteiger partial charge in [0.15, 0.2) is 0 Å². The zero-order valence-electron chi connectivity index (χ0n) is 12.5. The molecule has 0 saturated carbocycles. The molecule has 0 radical (unpaired) electrons. The van der Waals surface area contributed by atoms with Crippen LogP contribution in [0.25, 0.3) is 6.08 Å². The zero-order valence-corrected chi connectivity index (χ0v) is 13.3. The van der Waals surface area contributed by atoms with Gasteiger partial charge in [0.2, 0.25) is 0 Å². The number of esters is 1. The molecule has 0 saturated heterocycles. The summed E-state index contributed by atoms with van der Waals surface area (Å²) >= 11 is 0. The van der Waals surface area contributed by atoms with Crippen LogP contribution in [0.15, 0.2) is 65.6 Å². The van der Waals surface area contributed by atoms with Gasteiger partial charge in [-0.1, -0.05) is 36.4 Å². The minimum absolute atomic E-state index is 0.0237. The lowest BCUT2D eigenvalue weighted by Gasteiger charge is -2.09. The molecule has 0 aliphatic rings. The molecule has 0 unspecified atom stereocenters. The predicted molar refractivity (Wildman–Crippen MR) is 86.4 cm³/mol. The Morgan fingerprint density at radius 1 is 1.04 bits per heavy atom. The van der Waals surface area contributed by atoms with Crippen LogP contribution in [-0.4, -0.2) is 21.0 Å². The Morgan fingerprint density at radius 3 is 2.39 bits per heavy atom. The van der Waals surface area contributed by atoms with Crippen molar-refractivity contribution in [1.82, 2.24) is 0 Å². The second kappa shape index (κ2) is 7.60. The molecule has 0 amide bonds. The number of carbonyl (C=O) groups is 1. The molecule has 5 nitrogen and oxygen atoms in total. The van der Waals surface area contributed by atoms with Gasteiger partial charge in [-0.15, -0.1) is 0 Å². The summed E-state index contributed by atoms with van der Waals surface area (Å²) < 4.78 is 34.7. The SMILES string of the molecule is CCOC(=O)C=Cc1ccccc1S(=O)(=O)Oc1ccccc1. The summed E-state index contributed by atoms with van der Waals surface area (Å²) in [5.41, 5.74) is 0.344. The number of hydrogen-bond donors (Lipinski definition) is 0. The number of rotatable bonds is 6. The Kier molecular flexibility index (Phi) is 5.54. The van der Waals surface area contributed by atoms with Crippen LogP contribution in [0.5, 0.6) is 5.75 Å². The lowest BCUT2D eigenvalue weighted by atomic mass is 10.2. The maximum atomic E-state index is 12.4. The summed E-state index contributed by atoms with van der Waals surface area (Å²) in [6.07, 6.45) is 2.57. The van der Waals surface area contributed by atoms with Crippen LogP contribution in [0.1, 0.15) is 12.5 Å². The van der Waals surface area contributed by atoms with Crippen molar-refractivity contribution < 1.29 is 22.1 Å². The Morgan fingerprint density at radius 2 is 1.70 bits per heavy atom. The van der Waals surface area contributed by atoms with Gasteiger partial charge in [-0.3, -0.25) is 0 Å². The Hall–Kier alpha value is -2.60. The first-order chi connectivity index (χ1) is 11.0. The lowest BCUT2D eigenvalue weighted by Crippen LogP contribution is -2.11. The maximum absolute atomic E-state index is 12.4. The third-order valence-corrected chi connectivity index (χ3v) is 4.15. The zero-order chi connectivity index (χ0) is 16.7. The normalized spacial score (nSPS) is 11.3. The molecule has 0 aliphatic heterocycles. The van der Waals surface area contributed by atoms with E-state index in [0.717, 1.165) is 0 Å². The van der Waals surface area contributed by atoms with Crippen molar-refractivity contribution in [3.8, 4) is 5.75 Å². The predicted octanol–water partition coefficient (Wildman–Crippen LogP) is 3.03. The minimum Gasteiger partial charge on any atom is -0.463 e. The number of ether oxygens (including phenoxy) is 1. The first-order valence-electron chi connectivity index (χ1n) is 6.96. The highest BCUT2D eigenvalue weighted by atomic mass is 32.2. The largest absolute Gasteiger partial charge is 0.463 e. The summed E-state index contributed by atoms with van der Waals surface area (Å²) in [7, 11) is -4.01. The molecular weight excluding hydrogens is 316 g/mol. The quantitative estimate of drug-likeness (QED) is 0.462. The number of carbonyl (C=O) groups excluding carboxylic acids is 1. The average Bonchev–Trinajstić information content (AvgIpc) is 2.54. The minimum atomic E-state index is -4.01. The fraction of sp³-hybridized carbons (Fsp3) is 0.118. The molecule has 0 fully saturated rings. The first kappa shape index (κ1) is 16.8. The average molecular weight is 332 g/mol. The third-order valence-electron chi connectivity index (χ3n) is 2.82. The molecule has 0 N–H and O–H groups in total. The molecule has 6 heteroatoms. The van der Waals surface area contributed by atoms with E-state index < -0.39 is 16.1 Å². The van der Waals surface area contributed by atoms with E-state index in [9.17, 15) is 13.2 Å². The fourth-order valence-corrected chi connectivity index (χ4v) is 2.97. The van der Waals surface area contributed by atoms with E-state index in [1.54, 1.807) is 55.5 Å². The van der Waals surface area contributed by atoms with Crippen molar-refractivity contribution in [2.45, 2.75) is 11.8 Å². The summed E-state index contributed by atoms with van der Waals surface area (Å²) in [5, 5.41) is 0. The molecule has 2 aromatic carbocycles. The van der Waals surface area contributed by atoms with Gasteiger partial charge in [-0.25, -0.2) is 4.79 Å². The number of hydrogen-bond acceptors (Lipinski definition) is 5. The molecule has 23 heavy (non-hydrogen) atoms. The van der Waals surface area contributed by atoms with Gasteiger partial charge in [0.05, 0.1) is 6.61 Å². The van der Waals surface area contributed by atoms with Crippen LogP contribution in [0, 0.1) is 0 Å². The third kappa shape index (κ3) is 4.69. The van der Waals surface area contributed by atoms with Crippen LogP contribution in [0.3, 0.4) is 0 Å². The molecule has 0 atom stereocenters.